The Morgan fingerprint density at radius 2 is 2.56 bits per heavy atom. The summed E-state index contributed by atoms with van der Waals surface area (Å²) < 4.78 is 0. The number of nitrogens with one attached hydrogen (secondary N) is 1. The first-order valence-corrected chi connectivity index (χ1v) is 3.38. The summed E-state index contributed by atoms with van der Waals surface area (Å²) in [6.45, 7) is 3.78. The molecule has 1 amide bonds. The van der Waals surface area contributed by atoms with Crippen molar-refractivity contribution in [3.63, 3.8) is 0 Å². The van der Waals surface area contributed by atoms with Gasteiger partial charge in [-0.1, -0.05) is 0 Å². The maximum atomic E-state index is 10.5. The predicted molar refractivity (Wildman–Crippen MR) is 33.9 cm³/mol. The van der Waals surface area contributed by atoms with Gasteiger partial charge in [0.2, 0.25) is 5.91 Å². The van der Waals surface area contributed by atoms with E-state index in [9.17, 15) is 4.79 Å². The molecular weight excluding hydrogens is 116 g/mol. The number of amides is 1. The van der Waals surface area contributed by atoms with Crippen molar-refractivity contribution in [3.8, 4) is 0 Å². The van der Waals surface area contributed by atoms with Gasteiger partial charge >= 0.3 is 0 Å². The lowest BCUT2D eigenvalue weighted by molar-refractivity contribution is -0.636. The topological polar surface area (TPSA) is 45.7 Å². The van der Waals surface area contributed by atoms with Crippen LogP contribution in [0.5, 0.6) is 0 Å². The van der Waals surface area contributed by atoms with Gasteiger partial charge < -0.3 is 10.6 Å². The summed E-state index contributed by atoms with van der Waals surface area (Å²) in [5.74, 6) is 0.0929. The van der Waals surface area contributed by atoms with Crippen LogP contribution in [0.25, 0.3) is 0 Å². The highest BCUT2D eigenvalue weighted by Crippen LogP contribution is 1.89. The van der Waals surface area contributed by atoms with Gasteiger partial charge in [0.25, 0.3) is 0 Å². The first kappa shape index (κ1) is 6.55. The van der Waals surface area contributed by atoms with E-state index in [0.717, 1.165) is 19.5 Å². The van der Waals surface area contributed by atoms with Crippen LogP contribution in [0.1, 0.15) is 13.3 Å². The molecule has 0 spiro atoms. The van der Waals surface area contributed by atoms with Gasteiger partial charge in [0.15, 0.2) is 0 Å². The highest BCUT2D eigenvalue weighted by atomic mass is 16.1. The molecule has 0 saturated carbocycles. The molecule has 1 atom stereocenters. The molecule has 1 aliphatic rings. The van der Waals surface area contributed by atoms with Gasteiger partial charge in [-0.3, -0.25) is 4.79 Å². The number of quaternary nitrogens is 1. The SMILES string of the molecule is CC(=O)N[C@@H]1CC[NH2+]C1. The molecule has 0 bridgehead atoms. The molecule has 1 aliphatic heterocycles. The van der Waals surface area contributed by atoms with Crippen LogP contribution in [0.4, 0.5) is 0 Å². The van der Waals surface area contributed by atoms with Crippen molar-refractivity contribution in [2.75, 3.05) is 13.1 Å². The molecule has 0 aromatic heterocycles. The summed E-state index contributed by atoms with van der Waals surface area (Å²) in [5.41, 5.74) is 0. The van der Waals surface area contributed by atoms with E-state index >= 15 is 0 Å². The molecule has 0 radical (unpaired) electrons. The first-order chi connectivity index (χ1) is 4.29. The van der Waals surface area contributed by atoms with Crippen LogP contribution >= 0.6 is 0 Å². The van der Waals surface area contributed by atoms with Crippen molar-refractivity contribution in [1.29, 1.82) is 0 Å². The number of hydrogen-bond acceptors (Lipinski definition) is 1. The Morgan fingerprint density at radius 1 is 1.78 bits per heavy atom. The van der Waals surface area contributed by atoms with Crippen molar-refractivity contribution in [2.24, 2.45) is 0 Å². The average molecular weight is 129 g/mol. The number of nitrogens with two attached hydrogens (primary N) is 1. The zero-order chi connectivity index (χ0) is 6.69. The highest BCUT2D eigenvalue weighted by Gasteiger charge is 2.17. The predicted octanol–water partition coefficient (Wildman–Crippen LogP) is -1.54. The van der Waals surface area contributed by atoms with E-state index in [1.54, 1.807) is 6.92 Å². The Labute approximate surface area is 54.8 Å². The molecule has 52 valence electrons. The van der Waals surface area contributed by atoms with Gasteiger partial charge in [0, 0.05) is 13.3 Å². The third-order valence-electron chi connectivity index (χ3n) is 1.58. The number of hydrogen-bond donors (Lipinski definition) is 2. The molecule has 0 unspecified atom stereocenters. The van der Waals surface area contributed by atoms with Gasteiger partial charge in [-0.25, -0.2) is 0 Å². The summed E-state index contributed by atoms with van der Waals surface area (Å²) in [4.78, 5) is 10.5. The van der Waals surface area contributed by atoms with Gasteiger partial charge in [0.05, 0.1) is 19.1 Å². The van der Waals surface area contributed by atoms with E-state index in [-0.39, 0.29) is 5.91 Å². The first-order valence-electron chi connectivity index (χ1n) is 3.38. The van der Waals surface area contributed by atoms with E-state index in [0.29, 0.717) is 6.04 Å². The zero-order valence-corrected chi connectivity index (χ0v) is 5.68. The normalized spacial score (nSPS) is 26.1. The molecule has 1 saturated heterocycles. The summed E-state index contributed by atoms with van der Waals surface area (Å²) >= 11 is 0. The lowest BCUT2D eigenvalue weighted by Crippen LogP contribution is -2.82. The van der Waals surface area contributed by atoms with E-state index in [1.807, 2.05) is 0 Å². The third-order valence-corrected chi connectivity index (χ3v) is 1.58. The average Bonchev–Trinajstić information content (AvgIpc) is 2.15. The van der Waals surface area contributed by atoms with Gasteiger partial charge in [-0.05, 0) is 0 Å². The second-order valence-corrected chi connectivity index (χ2v) is 2.50. The summed E-state index contributed by atoms with van der Waals surface area (Å²) in [6, 6.07) is 0.433. The third kappa shape index (κ3) is 2.01. The minimum atomic E-state index is 0.0929. The smallest absolute Gasteiger partial charge is 0.217 e. The molecule has 3 heteroatoms. The fourth-order valence-corrected chi connectivity index (χ4v) is 1.17. The van der Waals surface area contributed by atoms with E-state index in [2.05, 4.69) is 10.6 Å². The summed E-state index contributed by atoms with van der Waals surface area (Å²) in [5, 5.41) is 5.09. The monoisotopic (exact) mass is 129 g/mol. The Bertz CT molecular complexity index is 108. The van der Waals surface area contributed by atoms with Crippen molar-refractivity contribution in [1.82, 2.24) is 5.32 Å². The maximum Gasteiger partial charge on any atom is 0.217 e. The van der Waals surface area contributed by atoms with Crippen LogP contribution in [0.3, 0.4) is 0 Å². The summed E-state index contributed by atoms with van der Waals surface area (Å²) in [6.07, 6.45) is 1.12. The molecule has 0 aliphatic carbocycles. The molecule has 0 aromatic rings. The molecule has 9 heavy (non-hydrogen) atoms. The van der Waals surface area contributed by atoms with Gasteiger partial charge in [0.1, 0.15) is 0 Å². The minimum absolute atomic E-state index is 0.0929. The standard InChI is InChI=1S/C6H12N2O/c1-5(9)8-6-2-3-7-4-6/h6-7H,2-4H2,1H3,(H,8,9)/p+1/t6-/m1/s1. The Morgan fingerprint density at radius 3 is 3.00 bits per heavy atom. The number of rotatable bonds is 1. The van der Waals surface area contributed by atoms with E-state index < -0.39 is 0 Å². The lowest BCUT2D eigenvalue weighted by atomic mass is 10.3. The fourth-order valence-electron chi connectivity index (χ4n) is 1.17. The Balaban J connectivity index is 2.19. The van der Waals surface area contributed by atoms with Crippen molar-refractivity contribution < 1.29 is 10.1 Å². The van der Waals surface area contributed by atoms with Crippen LogP contribution in [0.15, 0.2) is 0 Å². The second-order valence-electron chi connectivity index (χ2n) is 2.50. The van der Waals surface area contributed by atoms with Crippen LogP contribution in [-0.4, -0.2) is 25.0 Å². The Kier molecular flexibility index (Phi) is 2.05. The molecular formula is C6H13N2O+. The molecule has 1 heterocycles. The lowest BCUT2D eigenvalue weighted by Gasteiger charge is -2.04. The van der Waals surface area contributed by atoms with Gasteiger partial charge in [-0.15, -0.1) is 0 Å². The van der Waals surface area contributed by atoms with Crippen molar-refractivity contribution >= 4 is 5.91 Å². The highest BCUT2D eigenvalue weighted by molar-refractivity contribution is 5.73. The number of carbonyl (C=O) groups is 1. The van der Waals surface area contributed by atoms with Crippen LogP contribution < -0.4 is 10.6 Å². The van der Waals surface area contributed by atoms with E-state index in [4.69, 9.17) is 0 Å². The molecule has 1 rings (SSSR count). The van der Waals surface area contributed by atoms with Crippen molar-refractivity contribution in [2.45, 2.75) is 19.4 Å². The largest absolute Gasteiger partial charge is 0.348 e. The van der Waals surface area contributed by atoms with Gasteiger partial charge in [-0.2, -0.15) is 0 Å². The van der Waals surface area contributed by atoms with Crippen molar-refractivity contribution in [3.05, 3.63) is 0 Å². The summed E-state index contributed by atoms with van der Waals surface area (Å²) in [7, 11) is 0. The number of carbonyl (C=O) groups excluding carboxylic acids is 1. The maximum absolute atomic E-state index is 10.5. The fraction of sp³-hybridized carbons (Fsp3) is 0.833. The van der Waals surface area contributed by atoms with E-state index in [1.165, 1.54) is 0 Å². The minimum Gasteiger partial charge on any atom is -0.348 e. The Hall–Kier alpha value is -0.570. The molecule has 3 nitrogen and oxygen atoms in total. The zero-order valence-electron chi connectivity index (χ0n) is 5.68. The molecule has 3 N–H and O–H groups in total. The van der Waals surface area contributed by atoms with Crippen LogP contribution in [0.2, 0.25) is 0 Å². The quantitative estimate of drug-likeness (QED) is 0.443. The van der Waals surface area contributed by atoms with Crippen LogP contribution in [0, 0.1) is 0 Å². The van der Waals surface area contributed by atoms with Crippen LogP contribution in [-0.2, 0) is 4.79 Å². The molecule has 1 fully saturated rings. The second kappa shape index (κ2) is 2.82. The molecule has 0 aromatic carbocycles.